The Morgan fingerprint density at radius 1 is 1.67 bits per heavy atom. The Morgan fingerprint density at radius 2 is 2.27 bits per heavy atom. The number of nitrogens with zero attached hydrogens (tertiary/aromatic N) is 1. The van der Waals surface area contributed by atoms with Gasteiger partial charge in [0.25, 0.3) is 0 Å². The first kappa shape index (κ1) is 10.2. The topological polar surface area (TPSA) is 63.4 Å². The monoisotopic (exact) mass is 227 g/mol. The number of nitro benzene ring substituents is 1. The van der Waals surface area contributed by atoms with Crippen LogP contribution in [-0.2, 0) is 5.41 Å². The fourth-order valence-electron chi connectivity index (χ4n) is 1.64. The molecule has 5 heteroatoms. The van der Waals surface area contributed by atoms with Crippen molar-refractivity contribution in [3.05, 3.63) is 33.9 Å². The molecule has 15 heavy (non-hydrogen) atoms. The molecule has 0 aromatic heterocycles. The second-order valence-electron chi connectivity index (χ2n) is 4.05. The van der Waals surface area contributed by atoms with Crippen LogP contribution in [0.4, 0.5) is 5.69 Å². The molecule has 1 aromatic carbocycles. The molecule has 0 aliphatic heterocycles. The van der Waals surface area contributed by atoms with Gasteiger partial charge in [-0.05, 0) is 18.1 Å². The number of halogens is 1. The molecule has 2 atom stereocenters. The van der Waals surface area contributed by atoms with Crippen molar-refractivity contribution in [3.63, 3.8) is 0 Å². The van der Waals surface area contributed by atoms with Crippen LogP contribution in [0.1, 0.15) is 18.9 Å². The van der Waals surface area contributed by atoms with E-state index >= 15 is 0 Å². The van der Waals surface area contributed by atoms with Crippen LogP contribution < -0.4 is 0 Å². The number of hydrogen-bond acceptors (Lipinski definition) is 3. The van der Waals surface area contributed by atoms with Crippen molar-refractivity contribution in [1.29, 1.82) is 0 Å². The molecule has 1 N–H and O–H groups in total. The van der Waals surface area contributed by atoms with Crippen molar-refractivity contribution in [2.45, 2.75) is 24.1 Å². The third-order valence-corrected chi connectivity index (χ3v) is 3.60. The highest BCUT2D eigenvalue weighted by molar-refractivity contribution is 6.23. The number of hydrogen-bond donors (Lipinski definition) is 1. The van der Waals surface area contributed by atoms with E-state index in [2.05, 4.69) is 0 Å². The van der Waals surface area contributed by atoms with E-state index in [0.29, 0.717) is 0 Å². The van der Waals surface area contributed by atoms with Gasteiger partial charge in [-0.2, -0.15) is 0 Å². The number of aromatic hydroxyl groups is 1. The zero-order chi connectivity index (χ0) is 11.2. The van der Waals surface area contributed by atoms with Gasteiger partial charge < -0.3 is 5.11 Å². The first-order chi connectivity index (χ1) is 6.95. The third-order valence-electron chi connectivity index (χ3n) is 2.97. The largest absolute Gasteiger partial charge is 0.502 e. The van der Waals surface area contributed by atoms with Gasteiger partial charge in [-0.25, -0.2) is 0 Å². The van der Waals surface area contributed by atoms with E-state index in [0.717, 1.165) is 12.0 Å². The van der Waals surface area contributed by atoms with Gasteiger partial charge in [0.05, 0.1) is 4.92 Å². The summed E-state index contributed by atoms with van der Waals surface area (Å²) >= 11 is 5.97. The first-order valence-electron chi connectivity index (χ1n) is 4.57. The second-order valence-corrected chi connectivity index (χ2v) is 4.58. The van der Waals surface area contributed by atoms with Gasteiger partial charge in [-0.1, -0.05) is 13.0 Å². The SMILES string of the molecule is C[C@@]1(c2ccc(O)c([N+](=O)[O-])c2)C[C@H]1Cl. The molecule has 80 valence electrons. The van der Waals surface area contributed by atoms with Crippen molar-refractivity contribution in [2.24, 2.45) is 0 Å². The van der Waals surface area contributed by atoms with Crippen molar-refractivity contribution in [2.75, 3.05) is 0 Å². The Hall–Kier alpha value is -1.29. The summed E-state index contributed by atoms with van der Waals surface area (Å²) in [5.74, 6) is -0.306. The highest BCUT2D eigenvalue weighted by Crippen LogP contribution is 2.52. The average Bonchev–Trinajstić information content (AvgIpc) is 2.76. The Labute approximate surface area is 91.6 Å². The lowest BCUT2D eigenvalue weighted by atomic mass is 9.98. The quantitative estimate of drug-likeness (QED) is 0.480. The molecule has 1 aliphatic rings. The molecule has 0 spiro atoms. The normalized spacial score (nSPS) is 28.8. The number of phenolic OH excluding ortho intramolecular Hbond substituents is 1. The number of benzene rings is 1. The minimum Gasteiger partial charge on any atom is -0.502 e. The van der Waals surface area contributed by atoms with Crippen LogP contribution in [0.25, 0.3) is 0 Å². The van der Waals surface area contributed by atoms with Crippen LogP contribution in [0.3, 0.4) is 0 Å². The third kappa shape index (κ3) is 1.55. The summed E-state index contributed by atoms with van der Waals surface area (Å²) in [6.07, 6.45) is 0.816. The van der Waals surface area contributed by atoms with Crippen LogP contribution in [0, 0.1) is 10.1 Å². The fourth-order valence-corrected chi connectivity index (χ4v) is 2.08. The molecule has 1 aliphatic carbocycles. The Morgan fingerprint density at radius 3 is 2.73 bits per heavy atom. The second kappa shape index (κ2) is 3.10. The molecular weight excluding hydrogens is 218 g/mol. The summed E-state index contributed by atoms with van der Waals surface area (Å²) in [7, 11) is 0. The standard InChI is InChI=1S/C10H10ClNO3/c1-10(5-9(10)11)6-2-3-8(13)7(4-6)12(14)15/h2-4,9,13H,5H2,1H3/t9-,10+/m1/s1. The molecule has 0 radical (unpaired) electrons. The number of phenols is 1. The van der Waals surface area contributed by atoms with Crippen LogP contribution in [0.5, 0.6) is 5.75 Å². The van der Waals surface area contributed by atoms with Crippen molar-refractivity contribution in [1.82, 2.24) is 0 Å². The summed E-state index contributed by atoms with van der Waals surface area (Å²) in [6.45, 7) is 1.96. The van der Waals surface area contributed by atoms with Crippen LogP contribution in [0.2, 0.25) is 0 Å². The first-order valence-corrected chi connectivity index (χ1v) is 5.01. The highest BCUT2D eigenvalue weighted by Gasteiger charge is 2.50. The molecule has 0 amide bonds. The Bertz CT molecular complexity index is 435. The van der Waals surface area contributed by atoms with Crippen molar-refractivity contribution in [3.8, 4) is 5.75 Å². The highest BCUT2D eigenvalue weighted by atomic mass is 35.5. The van der Waals surface area contributed by atoms with Gasteiger partial charge in [0.1, 0.15) is 0 Å². The lowest BCUT2D eigenvalue weighted by Crippen LogP contribution is -2.04. The van der Waals surface area contributed by atoms with Gasteiger partial charge >= 0.3 is 5.69 Å². The zero-order valence-corrected chi connectivity index (χ0v) is 8.86. The predicted molar refractivity (Wildman–Crippen MR) is 56.4 cm³/mol. The summed E-state index contributed by atoms with van der Waals surface area (Å²) in [6, 6.07) is 4.43. The molecule has 0 heterocycles. The number of alkyl halides is 1. The van der Waals surface area contributed by atoms with Crippen LogP contribution >= 0.6 is 11.6 Å². The minimum absolute atomic E-state index is 0.0293. The molecular formula is C10H10ClNO3. The molecule has 4 nitrogen and oxygen atoms in total. The van der Waals surface area contributed by atoms with Gasteiger partial charge in [0, 0.05) is 16.9 Å². The predicted octanol–water partition coefficient (Wildman–Crippen LogP) is 2.57. The zero-order valence-electron chi connectivity index (χ0n) is 8.11. The molecule has 0 bridgehead atoms. The molecule has 1 aromatic rings. The van der Waals surface area contributed by atoms with E-state index in [4.69, 9.17) is 11.6 Å². The molecule has 1 fully saturated rings. The maximum Gasteiger partial charge on any atom is 0.310 e. The molecule has 0 unspecified atom stereocenters. The maximum absolute atomic E-state index is 10.6. The molecule has 2 rings (SSSR count). The van der Waals surface area contributed by atoms with E-state index in [9.17, 15) is 15.2 Å². The van der Waals surface area contributed by atoms with E-state index in [1.165, 1.54) is 12.1 Å². The summed E-state index contributed by atoms with van der Waals surface area (Å²) < 4.78 is 0. The van der Waals surface area contributed by atoms with Gasteiger partial charge in [-0.15, -0.1) is 11.6 Å². The van der Waals surface area contributed by atoms with E-state index in [1.807, 2.05) is 6.92 Å². The molecule has 1 saturated carbocycles. The summed E-state index contributed by atoms with van der Waals surface area (Å²) in [4.78, 5) is 10.0. The number of nitro groups is 1. The van der Waals surface area contributed by atoms with Gasteiger partial charge in [0.2, 0.25) is 0 Å². The molecule has 0 saturated heterocycles. The Kier molecular flexibility index (Phi) is 2.12. The summed E-state index contributed by atoms with van der Waals surface area (Å²) in [5, 5.41) is 19.9. The lowest BCUT2D eigenvalue weighted by molar-refractivity contribution is -0.385. The average molecular weight is 228 g/mol. The van der Waals surface area contributed by atoms with E-state index in [1.54, 1.807) is 6.07 Å². The van der Waals surface area contributed by atoms with E-state index < -0.39 is 4.92 Å². The van der Waals surface area contributed by atoms with Crippen LogP contribution in [0.15, 0.2) is 18.2 Å². The number of rotatable bonds is 2. The van der Waals surface area contributed by atoms with Crippen LogP contribution in [-0.4, -0.2) is 15.4 Å². The summed E-state index contributed by atoms with van der Waals surface area (Å²) in [5.41, 5.74) is 0.372. The van der Waals surface area contributed by atoms with Gasteiger partial charge in [0.15, 0.2) is 5.75 Å². The fraction of sp³-hybridized carbons (Fsp3) is 0.400. The van der Waals surface area contributed by atoms with E-state index in [-0.39, 0.29) is 22.2 Å². The van der Waals surface area contributed by atoms with Crippen molar-refractivity contribution >= 4 is 17.3 Å². The minimum atomic E-state index is -0.589. The Balaban J connectivity index is 2.44. The van der Waals surface area contributed by atoms with Gasteiger partial charge in [-0.3, -0.25) is 10.1 Å². The van der Waals surface area contributed by atoms with Crippen molar-refractivity contribution < 1.29 is 10.0 Å². The lowest BCUT2D eigenvalue weighted by Gasteiger charge is -2.09. The maximum atomic E-state index is 10.6. The smallest absolute Gasteiger partial charge is 0.310 e.